The Bertz CT molecular complexity index is 205. The summed E-state index contributed by atoms with van der Waals surface area (Å²) in [6.45, 7) is 4.21. The number of rotatable bonds is 4. The minimum absolute atomic E-state index is 1.06. The van der Waals surface area contributed by atoms with Crippen LogP contribution in [0.1, 0.15) is 12.1 Å². The van der Waals surface area contributed by atoms with Crippen LogP contribution in [0.3, 0.4) is 0 Å². The van der Waals surface area contributed by atoms with Crippen LogP contribution in [0.5, 0.6) is 0 Å². The Kier molecular flexibility index (Phi) is 3.11. The van der Waals surface area contributed by atoms with E-state index in [0.29, 0.717) is 0 Å². The number of aryl methyl sites for hydroxylation is 2. The van der Waals surface area contributed by atoms with Crippen LogP contribution in [0.4, 0.5) is 0 Å². The average molecular weight is 153 g/mol. The van der Waals surface area contributed by atoms with Crippen LogP contribution in [0.25, 0.3) is 0 Å². The third kappa shape index (κ3) is 2.35. The van der Waals surface area contributed by atoms with Crippen LogP contribution in [0.15, 0.2) is 12.5 Å². The van der Waals surface area contributed by atoms with Crippen molar-refractivity contribution in [2.24, 2.45) is 0 Å². The Balaban J connectivity index is 2.32. The summed E-state index contributed by atoms with van der Waals surface area (Å²) in [5, 5.41) is 3.12. The van der Waals surface area contributed by atoms with E-state index < -0.39 is 0 Å². The van der Waals surface area contributed by atoms with E-state index in [-0.39, 0.29) is 0 Å². The van der Waals surface area contributed by atoms with Crippen molar-refractivity contribution in [3.63, 3.8) is 0 Å². The van der Waals surface area contributed by atoms with Gasteiger partial charge in [0.05, 0.1) is 6.33 Å². The average Bonchev–Trinajstić information content (AvgIpc) is 2.37. The standard InChI is InChI=1S/C8H15N3/c1-8-6-10-7-11(8)5-3-4-9-2/h6-7,9H,3-5H2,1-2H3. The van der Waals surface area contributed by atoms with Crippen molar-refractivity contribution in [2.45, 2.75) is 19.9 Å². The van der Waals surface area contributed by atoms with Gasteiger partial charge in [-0.3, -0.25) is 0 Å². The summed E-state index contributed by atoms with van der Waals surface area (Å²) in [6, 6.07) is 0. The Labute approximate surface area is 67.4 Å². The van der Waals surface area contributed by atoms with Gasteiger partial charge in [-0.05, 0) is 26.9 Å². The van der Waals surface area contributed by atoms with Crippen LogP contribution >= 0.6 is 0 Å². The van der Waals surface area contributed by atoms with E-state index >= 15 is 0 Å². The molecule has 11 heavy (non-hydrogen) atoms. The zero-order chi connectivity index (χ0) is 8.10. The van der Waals surface area contributed by atoms with Gasteiger partial charge >= 0.3 is 0 Å². The Morgan fingerprint density at radius 1 is 1.64 bits per heavy atom. The maximum absolute atomic E-state index is 4.04. The van der Waals surface area contributed by atoms with E-state index in [4.69, 9.17) is 0 Å². The highest BCUT2D eigenvalue weighted by atomic mass is 15.0. The summed E-state index contributed by atoms with van der Waals surface area (Å²) < 4.78 is 2.16. The summed E-state index contributed by atoms with van der Waals surface area (Å²) in [5.41, 5.74) is 1.24. The highest BCUT2D eigenvalue weighted by Gasteiger charge is 1.93. The lowest BCUT2D eigenvalue weighted by Crippen LogP contribution is -2.11. The molecule has 0 amide bonds. The zero-order valence-corrected chi connectivity index (χ0v) is 7.17. The number of nitrogens with zero attached hydrogens (tertiary/aromatic N) is 2. The lowest BCUT2D eigenvalue weighted by Gasteiger charge is -2.03. The first-order valence-corrected chi connectivity index (χ1v) is 3.96. The first-order chi connectivity index (χ1) is 5.34. The van der Waals surface area contributed by atoms with E-state index in [0.717, 1.165) is 19.5 Å². The molecule has 0 aliphatic heterocycles. The summed E-state index contributed by atoms with van der Waals surface area (Å²) in [7, 11) is 1.97. The molecule has 1 N–H and O–H groups in total. The van der Waals surface area contributed by atoms with Crippen molar-refractivity contribution < 1.29 is 0 Å². The number of hydrogen-bond acceptors (Lipinski definition) is 2. The van der Waals surface area contributed by atoms with Gasteiger partial charge in [-0.25, -0.2) is 4.98 Å². The topological polar surface area (TPSA) is 29.9 Å². The van der Waals surface area contributed by atoms with Gasteiger partial charge < -0.3 is 9.88 Å². The first-order valence-electron chi connectivity index (χ1n) is 3.96. The van der Waals surface area contributed by atoms with Crippen LogP contribution in [-0.4, -0.2) is 23.1 Å². The monoisotopic (exact) mass is 153 g/mol. The van der Waals surface area contributed by atoms with Gasteiger partial charge in [0.2, 0.25) is 0 Å². The predicted octanol–water partition coefficient (Wildman–Crippen LogP) is 0.801. The maximum Gasteiger partial charge on any atom is 0.0948 e. The normalized spacial score (nSPS) is 10.4. The van der Waals surface area contributed by atoms with Gasteiger partial charge in [0.1, 0.15) is 0 Å². The van der Waals surface area contributed by atoms with Gasteiger partial charge in [-0.2, -0.15) is 0 Å². The van der Waals surface area contributed by atoms with Crippen molar-refractivity contribution in [3.8, 4) is 0 Å². The first kappa shape index (κ1) is 8.27. The quantitative estimate of drug-likeness (QED) is 0.648. The molecular weight excluding hydrogens is 138 g/mol. The second kappa shape index (κ2) is 4.13. The van der Waals surface area contributed by atoms with Crippen molar-refractivity contribution in [1.29, 1.82) is 0 Å². The molecule has 1 aromatic rings. The van der Waals surface area contributed by atoms with Gasteiger partial charge in [0.15, 0.2) is 0 Å². The maximum atomic E-state index is 4.04. The molecule has 1 heterocycles. The van der Waals surface area contributed by atoms with Crippen molar-refractivity contribution in [1.82, 2.24) is 14.9 Å². The molecule has 0 fully saturated rings. The van der Waals surface area contributed by atoms with Crippen LogP contribution in [0.2, 0.25) is 0 Å². The smallest absolute Gasteiger partial charge is 0.0948 e. The minimum atomic E-state index is 1.06. The summed E-state index contributed by atoms with van der Waals surface area (Å²) in [6.07, 6.45) is 4.93. The van der Waals surface area contributed by atoms with Crippen molar-refractivity contribution in [3.05, 3.63) is 18.2 Å². The van der Waals surface area contributed by atoms with Gasteiger partial charge in [-0.15, -0.1) is 0 Å². The summed E-state index contributed by atoms with van der Waals surface area (Å²) in [4.78, 5) is 4.04. The zero-order valence-electron chi connectivity index (χ0n) is 7.17. The molecule has 1 aromatic heterocycles. The molecule has 1 rings (SSSR count). The molecule has 0 aliphatic rings. The van der Waals surface area contributed by atoms with E-state index in [2.05, 4.69) is 21.8 Å². The lowest BCUT2D eigenvalue weighted by atomic mass is 10.4. The molecule has 3 nitrogen and oxygen atoms in total. The largest absolute Gasteiger partial charge is 0.335 e. The second-order valence-electron chi connectivity index (χ2n) is 2.69. The third-order valence-electron chi connectivity index (χ3n) is 1.75. The van der Waals surface area contributed by atoms with Crippen LogP contribution in [-0.2, 0) is 6.54 Å². The molecule has 0 radical (unpaired) electrons. The molecule has 3 heteroatoms. The Morgan fingerprint density at radius 2 is 2.45 bits per heavy atom. The Hall–Kier alpha value is -0.830. The van der Waals surface area contributed by atoms with E-state index in [1.807, 2.05) is 19.6 Å². The minimum Gasteiger partial charge on any atom is -0.335 e. The SMILES string of the molecule is CNCCCn1cncc1C. The fraction of sp³-hybridized carbons (Fsp3) is 0.625. The summed E-state index contributed by atoms with van der Waals surface area (Å²) >= 11 is 0. The van der Waals surface area contributed by atoms with Gasteiger partial charge in [0, 0.05) is 18.4 Å². The van der Waals surface area contributed by atoms with E-state index in [1.165, 1.54) is 5.69 Å². The van der Waals surface area contributed by atoms with E-state index in [9.17, 15) is 0 Å². The molecule has 0 unspecified atom stereocenters. The highest BCUT2D eigenvalue weighted by molar-refractivity contribution is 4.93. The molecule has 0 atom stereocenters. The highest BCUT2D eigenvalue weighted by Crippen LogP contribution is 1.96. The molecule has 62 valence electrons. The lowest BCUT2D eigenvalue weighted by molar-refractivity contribution is 0.603. The van der Waals surface area contributed by atoms with Crippen molar-refractivity contribution >= 4 is 0 Å². The number of hydrogen-bond donors (Lipinski definition) is 1. The van der Waals surface area contributed by atoms with Crippen molar-refractivity contribution in [2.75, 3.05) is 13.6 Å². The predicted molar refractivity (Wildman–Crippen MR) is 45.5 cm³/mol. The van der Waals surface area contributed by atoms with Crippen LogP contribution < -0.4 is 5.32 Å². The molecule has 0 saturated heterocycles. The Morgan fingerprint density at radius 3 is 3.00 bits per heavy atom. The number of nitrogens with one attached hydrogen (secondary N) is 1. The van der Waals surface area contributed by atoms with Crippen LogP contribution in [0, 0.1) is 6.92 Å². The molecule has 0 bridgehead atoms. The third-order valence-corrected chi connectivity index (χ3v) is 1.75. The second-order valence-corrected chi connectivity index (χ2v) is 2.69. The van der Waals surface area contributed by atoms with E-state index in [1.54, 1.807) is 0 Å². The molecule has 0 aliphatic carbocycles. The molecule has 0 aromatic carbocycles. The molecule has 0 saturated carbocycles. The molecule has 0 spiro atoms. The summed E-state index contributed by atoms with van der Waals surface area (Å²) in [5.74, 6) is 0. The van der Waals surface area contributed by atoms with Gasteiger partial charge in [-0.1, -0.05) is 0 Å². The fourth-order valence-corrected chi connectivity index (χ4v) is 1.05. The molecular formula is C8H15N3. The van der Waals surface area contributed by atoms with Gasteiger partial charge in [0.25, 0.3) is 0 Å². The fourth-order valence-electron chi connectivity index (χ4n) is 1.05. The number of imidazole rings is 1. The number of aromatic nitrogens is 2.